The molecule has 0 radical (unpaired) electrons. The number of rotatable bonds is 4. The van der Waals surface area contributed by atoms with Crippen LogP contribution in [0.25, 0.3) is 0 Å². The molecule has 0 aliphatic carbocycles. The van der Waals surface area contributed by atoms with Crippen molar-refractivity contribution < 1.29 is 9.53 Å². The highest BCUT2D eigenvalue weighted by atomic mass is 35.5. The van der Waals surface area contributed by atoms with Crippen molar-refractivity contribution in [3.8, 4) is 0 Å². The fourth-order valence-corrected chi connectivity index (χ4v) is 2.01. The van der Waals surface area contributed by atoms with Crippen molar-refractivity contribution in [1.29, 1.82) is 0 Å². The molecule has 19 heavy (non-hydrogen) atoms. The van der Waals surface area contributed by atoms with Crippen LogP contribution in [0.15, 0.2) is 4.79 Å². The molecule has 0 aromatic carbocycles. The van der Waals surface area contributed by atoms with Gasteiger partial charge in [-0.1, -0.05) is 25.4 Å². The second kappa shape index (κ2) is 6.19. The van der Waals surface area contributed by atoms with Crippen molar-refractivity contribution in [2.45, 2.75) is 40.2 Å². The molecule has 0 N–H and O–H groups in total. The van der Waals surface area contributed by atoms with Gasteiger partial charge in [0.1, 0.15) is 0 Å². The minimum absolute atomic E-state index is 0.221. The molecule has 106 valence electrons. The van der Waals surface area contributed by atoms with Crippen LogP contribution in [0.4, 0.5) is 0 Å². The highest BCUT2D eigenvalue weighted by Crippen LogP contribution is 2.19. The second-order valence-electron chi connectivity index (χ2n) is 4.96. The Morgan fingerprint density at radius 3 is 2.42 bits per heavy atom. The standard InChI is InChI=1S/C13H19ClN2O3/c1-7(2)6-10(13(18)19-5)16-12(17)9(4)8(3)11(14)15-16/h7,10H,6H2,1-5H3/t10-/m0/s1. The molecule has 1 aromatic heterocycles. The van der Waals surface area contributed by atoms with E-state index < -0.39 is 12.0 Å². The summed E-state index contributed by atoms with van der Waals surface area (Å²) in [5.41, 5.74) is 0.826. The van der Waals surface area contributed by atoms with E-state index in [1.807, 2.05) is 13.8 Å². The summed E-state index contributed by atoms with van der Waals surface area (Å²) >= 11 is 6.00. The van der Waals surface area contributed by atoms with Crippen LogP contribution >= 0.6 is 11.6 Å². The lowest BCUT2D eigenvalue weighted by molar-refractivity contribution is -0.145. The molecule has 0 fully saturated rings. The molecule has 0 amide bonds. The molecule has 1 aromatic rings. The summed E-state index contributed by atoms with van der Waals surface area (Å²) in [7, 11) is 1.29. The minimum atomic E-state index is -0.741. The van der Waals surface area contributed by atoms with E-state index in [0.29, 0.717) is 17.5 Å². The lowest BCUT2D eigenvalue weighted by atomic mass is 10.0. The molecule has 5 nitrogen and oxygen atoms in total. The van der Waals surface area contributed by atoms with E-state index in [1.165, 1.54) is 7.11 Å². The molecular formula is C13H19ClN2O3. The van der Waals surface area contributed by atoms with E-state index in [4.69, 9.17) is 16.3 Å². The molecule has 0 saturated carbocycles. The molecule has 6 heteroatoms. The monoisotopic (exact) mass is 286 g/mol. The Balaban J connectivity index is 3.38. The van der Waals surface area contributed by atoms with Gasteiger partial charge < -0.3 is 4.74 Å². The number of halogens is 1. The largest absolute Gasteiger partial charge is 0.467 e. The Kier molecular flexibility index (Phi) is 5.11. The summed E-state index contributed by atoms with van der Waals surface area (Å²) in [6.07, 6.45) is 0.471. The third-order valence-corrected chi connectivity index (χ3v) is 3.42. The van der Waals surface area contributed by atoms with E-state index in [0.717, 1.165) is 4.68 Å². The first-order chi connectivity index (χ1) is 8.79. The molecule has 0 unspecified atom stereocenters. The number of nitrogens with zero attached hydrogens (tertiary/aromatic N) is 2. The summed E-state index contributed by atoms with van der Waals surface area (Å²) in [5.74, 6) is -0.263. The predicted octanol–water partition coefficient (Wildman–Crippen LogP) is 2.27. The van der Waals surface area contributed by atoms with Crippen LogP contribution in [0, 0.1) is 19.8 Å². The van der Waals surface area contributed by atoms with Crippen molar-refractivity contribution in [3.63, 3.8) is 0 Å². The van der Waals surface area contributed by atoms with Gasteiger partial charge in [-0.3, -0.25) is 4.79 Å². The number of methoxy groups -OCH3 is 1. The lowest BCUT2D eigenvalue weighted by Crippen LogP contribution is -2.35. The fourth-order valence-electron chi connectivity index (χ4n) is 1.79. The molecular weight excluding hydrogens is 268 g/mol. The highest BCUT2D eigenvalue weighted by Gasteiger charge is 2.26. The Morgan fingerprint density at radius 2 is 1.95 bits per heavy atom. The van der Waals surface area contributed by atoms with Gasteiger partial charge in [-0.25, -0.2) is 9.48 Å². The van der Waals surface area contributed by atoms with E-state index in [-0.39, 0.29) is 16.6 Å². The fraction of sp³-hybridized carbons (Fsp3) is 0.615. The van der Waals surface area contributed by atoms with Gasteiger partial charge in [0.15, 0.2) is 11.2 Å². The summed E-state index contributed by atoms with van der Waals surface area (Å²) in [6, 6.07) is -0.741. The first-order valence-electron chi connectivity index (χ1n) is 6.12. The summed E-state index contributed by atoms with van der Waals surface area (Å²) in [6.45, 7) is 7.32. The maximum Gasteiger partial charge on any atom is 0.330 e. The zero-order chi connectivity index (χ0) is 14.7. The van der Waals surface area contributed by atoms with Crippen LogP contribution in [0.1, 0.15) is 37.4 Å². The number of esters is 1. The number of aromatic nitrogens is 2. The SMILES string of the molecule is COC(=O)[C@H](CC(C)C)n1nc(Cl)c(C)c(C)c1=O. The normalized spacial score (nSPS) is 12.6. The molecule has 1 atom stereocenters. The summed E-state index contributed by atoms with van der Waals surface area (Å²) < 4.78 is 5.89. The number of ether oxygens (including phenoxy) is 1. The topological polar surface area (TPSA) is 61.2 Å². The first kappa shape index (κ1) is 15.7. The van der Waals surface area contributed by atoms with Crippen molar-refractivity contribution in [2.24, 2.45) is 5.92 Å². The van der Waals surface area contributed by atoms with E-state index in [1.54, 1.807) is 13.8 Å². The smallest absolute Gasteiger partial charge is 0.330 e. The second-order valence-corrected chi connectivity index (χ2v) is 5.32. The Hall–Kier alpha value is -1.36. The summed E-state index contributed by atoms with van der Waals surface area (Å²) in [5, 5.41) is 4.26. The molecule has 0 aliphatic heterocycles. The average molecular weight is 287 g/mol. The number of carbonyl (C=O) groups is 1. The van der Waals surface area contributed by atoms with Gasteiger partial charge in [0.25, 0.3) is 5.56 Å². The highest BCUT2D eigenvalue weighted by molar-refractivity contribution is 6.30. The van der Waals surface area contributed by atoms with Gasteiger partial charge in [-0.2, -0.15) is 5.10 Å². The molecule has 0 aliphatic rings. The Morgan fingerprint density at radius 1 is 1.37 bits per heavy atom. The molecule has 0 saturated heterocycles. The zero-order valence-corrected chi connectivity index (χ0v) is 12.6. The minimum Gasteiger partial charge on any atom is -0.467 e. The molecule has 0 spiro atoms. The van der Waals surface area contributed by atoms with Gasteiger partial charge in [0, 0.05) is 5.56 Å². The predicted molar refractivity (Wildman–Crippen MR) is 73.5 cm³/mol. The van der Waals surface area contributed by atoms with Crippen LogP contribution in [-0.4, -0.2) is 22.9 Å². The molecule has 0 bridgehead atoms. The lowest BCUT2D eigenvalue weighted by Gasteiger charge is -2.19. The maximum atomic E-state index is 12.2. The van der Waals surface area contributed by atoms with Crippen LogP contribution in [-0.2, 0) is 9.53 Å². The van der Waals surface area contributed by atoms with E-state index in [9.17, 15) is 9.59 Å². The number of hydrogen-bond acceptors (Lipinski definition) is 4. The van der Waals surface area contributed by atoms with E-state index >= 15 is 0 Å². The third kappa shape index (κ3) is 3.35. The quantitative estimate of drug-likeness (QED) is 0.797. The van der Waals surface area contributed by atoms with E-state index in [2.05, 4.69) is 5.10 Å². The van der Waals surface area contributed by atoms with Crippen molar-refractivity contribution in [2.75, 3.05) is 7.11 Å². The number of hydrogen-bond donors (Lipinski definition) is 0. The molecule has 1 rings (SSSR count). The van der Waals surface area contributed by atoms with Crippen LogP contribution in [0.2, 0.25) is 5.15 Å². The van der Waals surface area contributed by atoms with Gasteiger partial charge in [0.05, 0.1) is 7.11 Å². The van der Waals surface area contributed by atoms with Crippen molar-refractivity contribution >= 4 is 17.6 Å². The van der Waals surface area contributed by atoms with Crippen molar-refractivity contribution in [3.05, 3.63) is 26.6 Å². The third-order valence-electron chi connectivity index (χ3n) is 3.06. The van der Waals surface area contributed by atoms with Gasteiger partial charge >= 0.3 is 5.97 Å². The Bertz CT molecular complexity index is 537. The van der Waals surface area contributed by atoms with Gasteiger partial charge in [0.2, 0.25) is 0 Å². The van der Waals surface area contributed by atoms with Gasteiger partial charge in [-0.15, -0.1) is 0 Å². The van der Waals surface area contributed by atoms with Crippen molar-refractivity contribution in [1.82, 2.24) is 9.78 Å². The van der Waals surface area contributed by atoms with Crippen LogP contribution < -0.4 is 5.56 Å². The Labute approximate surface area is 117 Å². The zero-order valence-electron chi connectivity index (χ0n) is 11.9. The van der Waals surface area contributed by atoms with Crippen LogP contribution in [0.3, 0.4) is 0 Å². The van der Waals surface area contributed by atoms with Crippen LogP contribution in [0.5, 0.6) is 0 Å². The molecule has 1 heterocycles. The maximum absolute atomic E-state index is 12.2. The summed E-state index contributed by atoms with van der Waals surface area (Å²) in [4.78, 5) is 24.1. The van der Waals surface area contributed by atoms with Gasteiger partial charge in [-0.05, 0) is 31.7 Å². The first-order valence-corrected chi connectivity index (χ1v) is 6.50. The average Bonchev–Trinajstić information content (AvgIpc) is 2.37. The number of carbonyl (C=O) groups excluding carboxylic acids is 1.